The molecule has 6 N–H and O–H groups in total. The molecule has 1 atom stereocenters. The Bertz CT molecular complexity index is 69.4. The van der Waals surface area contributed by atoms with E-state index in [-0.39, 0.29) is 0 Å². The Balaban J connectivity index is 0. The van der Waals surface area contributed by atoms with Gasteiger partial charge in [0.15, 0.2) is 0 Å². The third-order valence-electron chi connectivity index (χ3n) is 0.644. The predicted octanol–water partition coefficient (Wildman–Crippen LogP) is -2.76. The zero-order chi connectivity index (χ0) is 8.78. The Morgan fingerprint density at radius 2 is 1.50 bits per heavy atom. The zero-order valence-corrected chi connectivity index (χ0v) is 10.3. The molecule has 0 aliphatic heterocycles. The van der Waals surface area contributed by atoms with E-state index < -0.39 is 9.05 Å². The smallest absolute Gasteiger partial charge is 0.368 e. The van der Waals surface area contributed by atoms with Crippen molar-refractivity contribution >= 4 is 58.0 Å². The second kappa shape index (κ2) is 7.31. The van der Waals surface area contributed by atoms with Gasteiger partial charge in [-0.1, -0.05) is 0 Å². The van der Waals surface area contributed by atoms with E-state index in [1.807, 2.05) is 0 Å². The molecule has 0 aromatic carbocycles. The Labute approximate surface area is 94.9 Å². The number of nitrogens with two attached hydrogens (primary N) is 1. The fraction of sp³-hybridized carbons (Fsp3) is 1.00. The van der Waals surface area contributed by atoms with Crippen LogP contribution in [0.5, 0.6) is 0 Å². The van der Waals surface area contributed by atoms with Gasteiger partial charge in [0.1, 0.15) is 0 Å². The van der Waals surface area contributed by atoms with Gasteiger partial charge in [0, 0.05) is 0 Å². The maximum absolute atomic E-state index is 7.33. The zero-order valence-electron chi connectivity index (χ0n) is 6.15. The van der Waals surface area contributed by atoms with Crippen LogP contribution in [0.2, 0.25) is 0 Å². The Hall–Kier alpha value is 1.65. The standard InChI is InChI=1S/C3H8N.K.H4O4Si/c1-2-3-4;;1-5(2,3)4/h3H,2,4H2,1H3;;1-4H. The summed E-state index contributed by atoms with van der Waals surface area (Å²) in [6, 6.07) is 0. The predicted molar refractivity (Wildman–Crippen MR) is 38.6 cm³/mol. The van der Waals surface area contributed by atoms with Crippen molar-refractivity contribution in [1.82, 2.24) is 0 Å². The van der Waals surface area contributed by atoms with Gasteiger partial charge >= 0.3 is 77.2 Å². The first-order chi connectivity index (χ1) is 4.27. The van der Waals surface area contributed by atoms with E-state index in [1.165, 1.54) is 6.42 Å². The molecule has 7 heteroatoms. The molecule has 0 aliphatic carbocycles. The molecule has 0 aromatic heterocycles. The molecule has 58 valence electrons. The maximum atomic E-state index is 7.33. The van der Waals surface area contributed by atoms with Crippen LogP contribution in [0.3, 0.4) is 0 Å². The molecule has 0 saturated heterocycles. The van der Waals surface area contributed by atoms with Gasteiger partial charge in [-0.25, -0.2) is 0 Å². The van der Waals surface area contributed by atoms with Crippen LogP contribution in [0.4, 0.5) is 0 Å². The van der Waals surface area contributed by atoms with Crippen LogP contribution in [0.1, 0.15) is 13.3 Å². The number of hydrogen-bond acceptors (Lipinski definition) is 5. The largest absolute Gasteiger partial charge is 0.668 e. The van der Waals surface area contributed by atoms with Gasteiger partial charge in [-0.3, -0.25) is 0 Å². The van der Waals surface area contributed by atoms with Gasteiger partial charge in [0.05, 0.1) is 0 Å². The van der Waals surface area contributed by atoms with Crippen LogP contribution in [0.25, 0.3) is 0 Å². The molecule has 0 aliphatic rings. The molecule has 0 spiro atoms. The third-order valence-corrected chi connectivity index (χ3v) is 1.92. The fourth-order valence-electron chi connectivity index (χ4n) is 0. The van der Waals surface area contributed by atoms with Crippen molar-refractivity contribution in [2.75, 3.05) is 0 Å². The minimum Gasteiger partial charge on any atom is -0.368 e. The van der Waals surface area contributed by atoms with Crippen LogP contribution >= 0.6 is 0 Å². The molecule has 0 aromatic rings. The van der Waals surface area contributed by atoms with Gasteiger partial charge in [-0.05, 0) is 0 Å². The third kappa shape index (κ3) is 54.2. The minimum atomic E-state index is -4.61. The summed E-state index contributed by atoms with van der Waals surface area (Å²) in [4.78, 5) is 29.3. The molecule has 0 amide bonds. The van der Waals surface area contributed by atoms with Crippen molar-refractivity contribution in [3.63, 3.8) is 0 Å². The van der Waals surface area contributed by atoms with E-state index in [1.54, 1.807) is 0 Å². The average Bonchev–Trinajstić information content (AvgIpc) is 1.61. The quantitative estimate of drug-likeness (QED) is 0.290. The first kappa shape index (κ1) is 14.2. The van der Waals surface area contributed by atoms with E-state index in [2.05, 4.69) is 6.92 Å². The van der Waals surface area contributed by atoms with Gasteiger partial charge in [0.25, 0.3) is 0 Å². The van der Waals surface area contributed by atoms with E-state index in [0.717, 1.165) is 49.0 Å². The van der Waals surface area contributed by atoms with Gasteiger partial charge in [-0.2, -0.15) is 0 Å². The van der Waals surface area contributed by atoms with Crippen molar-refractivity contribution in [3.8, 4) is 0 Å². The summed E-state index contributed by atoms with van der Waals surface area (Å²) in [7, 11) is -4.61. The SMILES string of the molecule is CC[CH](N)[K].O[Si](O)(O)O. The summed E-state index contributed by atoms with van der Waals surface area (Å²) in [5.74, 6) is 0. The van der Waals surface area contributed by atoms with E-state index in [4.69, 9.17) is 24.9 Å². The molecular weight excluding hydrogens is 181 g/mol. The minimum absolute atomic E-state index is 0.572. The normalized spacial score (nSPS) is 13.6. The molecule has 0 bridgehead atoms. The number of rotatable bonds is 1. The Morgan fingerprint density at radius 3 is 1.50 bits per heavy atom. The summed E-state index contributed by atoms with van der Waals surface area (Å²) >= 11 is 0.849. The summed E-state index contributed by atoms with van der Waals surface area (Å²) in [6.45, 7) is 2.12. The van der Waals surface area contributed by atoms with Crippen molar-refractivity contribution in [2.45, 2.75) is 13.5 Å². The van der Waals surface area contributed by atoms with Crippen molar-refractivity contribution in [1.29, 1.82) is 0 Å². The van der Waals surface area contributed by atoms with Crippen LogP contribution in [0.15, 0.2) is 0 Å². The Kier molecular flexibility index (Phi) is 10.4. The average molecular weight is 193 g/mol. The van der Waals surface area contributed by atoms with Crippen molar-refractivity contribution in [2.24, 2.45) is 5.73 Å². The molecule has 5 nitrogen and oxygen atoms in total. The summed E-state index contributed by atoms with van der Waals surface area (Å²) in [5, 5.41) is 0. The second-order valence-electron chi connectivity index (χ2n) is 1.99. The molecule has 0 fully saturated rings. The van der Waals surface area contributed by atoms with Crippen LogP contribution < -0.4 is 5.73 Å². The monoisotopic (exact) mass is 193 g/mol. The second-order valence-corrected chi connectivity index (χ2v) is 5.50. The van der Waals surface area contributed by atoms with E-state index in [9.17, 15) is 0 Å². The first-order valence-corrected chi connectivity index (χ1v) is 6.51. The van der Waals surface area contributed by atoms with Crippen LogP contribution in [-0.2, 0) is 0 Å². The van der Waals surface area contributed by atoms with Crippen LogP contribution in [0, 0.1) is 0 Å². The molecule has 0 saturated carbocycles. The van der Waals surface area contributed by atoms with E-state index in [0.29, 0.717) is 0.136 Å². The molecule has 10 heavy (non-hydrogen) atoms. The van der Waals surface area contributed by atoms with Gasteiger partial charge < -0.3 is 19.2 Å². The Morgan fingerprint density at radius 1 is 1.40 bits per heavy atom. The molecule has 0 heterocycles. The van der Waals surface area contributed by atoms with Gasteiger partial charge in [-0.15, -0.1) is 0 Å². The first-order valence-electron chi connectivity index (χ1n) is 2.92. The molecular formula is C3H12KNO4Si. The molecule has 0 rings (SSSR count). The van der Waals surface area contributed by atoms with Gasteiger partial charge in [0.2, 0.25) is 0 Å². The van der Waals surface area contributed by atoms with Crippen molar-refractivity contribution < 1.29 is 19.2 Å². The summed E-state index contributed by atoms with van der Waals surface area (Å²) < 4.78 is 0.572. The van der Waals surface area contributed by atoms with Crippen LogP contribution in [-0.4, -0.2) is 77.3 Å². The van der Waals surface area contributed by atoms with Crippen molar-refractivity contribution in [3.05, 3.63) is 0 Å². The van der Waals surface area contributed by atoms with E-state index >= 15 is 0 Å². The number of hydrogen-bond donors (Lipinski definition) is 5. The topological polar surface area (TPSA) is 107 Å². The maximum Gasteiger partial charge on any atom is 0.668 e. The molecule has 0 radical (unpaired) electrons. The summed E-state index contributed by atoms with van der Waals surface area (Å²) in [5.41, 5.74) is 5.38. The fourth-order valence-corrected chi connectivity index (χ4v) is 0. The summed E-state index contributed by atoms with van der Waals surface area (Å²) in [6.07, 6.45) is 1.17. The molecule has 1 unspecified atom stereocenters.